The van der Waals surface area contributed by atoms with Gasteiger partial charge in [-0.2, -0.15) is 0 Å². The van der Waals surface area contributed by atoms with E-state index >= 15 is 0 Å². The second kappa shape index (κ2) is 6.21. The standard InChI is InChI=1S/C20H20N2O/c1-13-8-4-6-10-18(13)22-20(23)12-17-14(2)16-9-5-7-11-19(16)21-15(17)3/h4-11H,12H2,1-3H3,(H,22,23). The van der Waals surface area contributed by atoms with Crippen molar-refractivity contribution in [2.24, 2.45) is 0 Å². The van der Waals surface area contributed by atoms with Crippen LogP contribution in [0.3, 0.4) is 0 Å². The van der Waals surface area contributed by atoms with Crippen molar-refractivity contribution in [1.82, 2.24) is 4.98 Å². The van der Waals surface area contributed by atoms with Gasteiger partial charge in [0.2, 0.25) is 5.91 Å². The first kappa shape index (κ1) is 15.2. The van der Waals surface area contributed by atoms with Crippen LogP contribution >= 0.6 is 0 Å². The predicted molar refractivity (Wildman–Crippen MR) is 94.7 cm³/mol. The maximum absolute atomic E-state index is 12.4. The monoisotopic (exact) mass is 304 g/mol. The van der Waals surface area contributed by atoms with Gasteiger partial charge in [0, 0.05) is 16.8 Å². The van der Waals surface area contributed by atoms with Gasteiger partial charge < -0.3 is 5.32 Å². The maximum atomic E-state index is 12.4. The molecule has 3 heteroatoms. The molecule has 0 fully saturated rings. The Morgan fingerprint density at radius 3 is 2.48 bits per heavy atom. The number of pyridine rings is 1. The second-order valence-electron chi connectivity index (χ2n) is 5.86. The van der Waals surface area contributed by atoms with Crippen molar-refractivity contribution in [1.29, 1.82) is 0 Å². The van der Waals surface area contributed by atoms with Gasteiger partial charge in [-0.05, 0) is 49.6 Å². The number of amides is 1. The number of para-hydroxylation sites is 2. The fraction of sp³-hybridized carbons (Fsp3) is 0.200. The highest BCUT2D eigenvalue weighted by Crippen LogP contribution is 2.23. The number of aryl methyl sites for hydroxylation is 3. The molecule has 1 heterocycles. The Morgan fingerprint density at radius 2 is 1.70 bits per heavy atom. The molecule has 1 amide bonds. The van der Waals surface area contributed by atoms with Crippen molar-refractivity contribution in [2.45, 2.75) is 27.2 Å². The molecule has 0 atom stereocenters. The molecule has 3 nitrogen and oxygen atoms in total. The highest BCUT2D eigenvalue weighted by Gasteiger charge is 2.13. The van der Waals surface area contributed by atoms with Gasteiger partial charge in [0.25, 0.3) is 0 Å². The van der Waals surface area contributed by atoms with Crippen LogP contribution in [0.4, 0.5) is 5.69 Å². The predicted octanol–water partition coefficient (Wildman–Crippen LogP) is 4.34. The van der Waals surface area contributed by atoms with Crippen molar-refractivity contribution < 1.29 is 4.79 Å². The number of carbonyl (C=O) groups is 1. The van der Waals surface area contributed by atoms with E-state index in [1.54, 1.807) is 0 Å². The molecule has 0 bridgehead atoms. The molecular weight excluding hydrogens is 284 g/mol. The molecule has 0 saturated heterocycles. The van der Waals surface area contributed by atoms with E-state index in [0.717, 1.165) is 39.0 Å². The Bertz CT molecular complexity index is 884. The molecule has 0 aliphatic heterocycles. The van der Waals surface area contributed by atoms with Crippen LogP contribution in [-0.2, 0) is 11.2 Å². The van der Waals surface area contributed by atoms with Crippen molar-refractivity contribution in [3.63, 3.8) is 0 Å². The van der Waals surface area contributed by atoms with E-state index in [4.69, 9.17) is 0 Å². The number of carbonyl (C=O) groups excluding carboxylic acids is 1. The van der Waals surface area contributed by atoms with Gasteiger partial charge >= 0.3 is 0 Å². The van der Waals surface area contributed by atoms with Crippen LogP contribution in [0.1, 0.15) is 22.4 Å². The number of nitrogens with one attached hydrogen (secondary N) is 1. The first-order valence-corrected chi connectivity index (χ1v) is 7.76. The zero-order chi connectivity index (χ0) is 16.4. The first-order valence-electron chi connectivity index (χ1n) is 7.76. The summed E-state index contributed by atoms with van der Waals surface area (Å²) in [6, 6.07) is 15.9. The highest BCUT2D eigenvalue weighted by atomic mass is 16.1. The SMILES string of the molecule is Cc1ccccc1NC(=O)Cc1c(C)nc2ccccc2c1C. The van der Waals surface area contributed by atoms with Gasteiger partial charge in [0.05, 0.1) is 11.9 Å². The summed E-state index contributed by atoms with van der Waals surface area (Å²) < 4.78 is 0. The lowest BCUT2D eigenvalue weighted by Crippen LogP contribution is -2.17. The molecule has 0 aliphatic carbocycles. The third-order valence-electron chi connectivity index (χ3n) is 4.24. The molecule has 23 heavy (non-hydrogen) atoms. The smallest absolute Gasteiger partial charge is 0.228 e. The van der Waals surface area contributed by atoms with E-state index in [9.17, 15) is 4.79 Å². The third kappa shape index (κ3) is 3.09. The number of hydrogen-bond acceptors (Lipinski definition) is 2. The van der Waals surface area contributed by atoms with Crippen molar-refractivity contribution in [3.05, 3.63) is 70.9 Å². The minimum atomic E-state index is -0.0115. The van der Waals surface area contributed by atoms with E-state index in [2.05, 4.69) is 23.3 Å². The molecule has 0 saturated carbocycles. The molecule has 0 spiro atoms. The van der Waals surface area contributed by atoms with Crippen LogP contribution < -0.4 is 5.32 Å². The number of hydrogen-bond donors (Lipinski definition) is 1. The quantitative estimate of drug-likeness (QED) is 0.782. The molecule has 3 rings (SSSR count). The Morgan fingerprint density at radius 1 is 1.00 bits per heavy atom. The molecule has 2 aromatic carbocycles. The normalized spacial score (nSPS) is 10.7. The number of fused-ring (bicyclic) bond motifs is 1. The average Bonchev–Trinajstić information content (AvgIpc) is 2.54. The van der Waals surface area contributed by atoms with Crippen LogP contribution in [0.25, 0.3) is 10.9 Å². The van der Waals surface area contributed by atoms with E-state index in [-0.39, 0.29) is 5.91 Å². The minimum Gasteiger partial charge on any atom is -0.326 e. The summed E-state index contributed by atoms with van der Waals surface area (Å²) in [4.78, 5) is 17.1. The highest BCUT2D eigenvalue weighted by molar-refractivity contribution is 5.94. The van der Waals surface area contributed by atoms with E-state index < -0.39 is 0 Å². The number of nitrogens with zero attached hydrogens (tertiary/aromatic N) is 1. The van der Waals surface area contributed by atoms with Crippen LogP contribution in [-0.4, -0.2) is 10.9 Å². The number of benzene rings is 2. The van der Waals surface area contributed by atoms with Crippen molar-refractivity contribution in [2.75, 3.05) is 5.32 Å². The second-order valence-corrected chi connectivity index (χ2v) is 5.86. The van der Waals surface area contributed by atoms with Crippen molar-refractivity contribution >= 4 is 22.5 Å². The number of anilines is 1. The lowest BCUT2D eigenvalue weighted by molar-refractivity contribution is -0.115. The summed E-state index contributed by atoms with van der Waals surface area (Å²) in [5, 5.41) is 4.10. The largest absolute Gasteiger partial charge is 0.326 e. The summed E-state index contributed by atoms with van der Waals surface area (Å²) in [5.41, 5.74) is 5.96. The lowest BCUT2D eigenvalue weighted by Gasteiger charge is -2.13. The third-order valence-corrected chi connectivity index (χ3v) is 4.24. The van der Waals surface area contributed by atoms with Gasteiger partial charge in [-0.1, -0.05) is 36.4 Å². The molecule has 3 aromatic rings. The van der Waals surface area contributed by atoms with Gasteiger partial charge in [-0.15, -0.1) is 0 Å². The summed E-state index contributed by atoms with van der Waals surface area (Å²) in [5.74, 6) is -0.0115. The molecular formula is C20H20N2O. The van der Waals surface area contributed by atoms with Gasteiger partial charge in [0.1, 0.15) is 0 Å². The molecule has 0 aliphatic rings. The summed E-state index contributed by atoms with van der Waals surface area (Å²) in [6.07, 6.45) is 0.337. The van der Waals surface area contributed by atoms with Gasteiger partial charge in [-0.25, -0.2) is 0 Å². The Hall–Kier alpha value is -2.68. The summed E-state index contributed by atoms with van der Waals surface area (Å²) in [7, 11) is 0. The Labute approximate surface area is 136 Å². The van der Waals surface area contributed by atoms with E-state index in [1.807, 2.05) is 56.3 Å². The molecule has 116 valence electrons. The van der Waals surface area contributed by atoms with Gasteiger partial charge in [0.15, 0.2) is 0 Å². The summed E-state index contributed by atoms with van der Waals surface area (Å²) in [6.45, 7) is 6.02. The number of aromatic nitrogens is 1. The zero-order valence-corrected chi connectivity index (χ0v) is 13.7. The summed E-state index contributed by atoms with van der Waals surface area (Å²) >= 11 is 0. The molecule has 1 N–H and O–H groups in total. The van der Waals surface area contributed by atoms with Crippen LogP contribution in [0.2, 0.25) is 0 Å². The maximum Gasteiger partial charge on any atom is 0.228 e. The van der Waals surface area contributed by atoms with E-state index in [1.165, 1.54) is 0 Å². The topological polar surface area (TPSA) is 42.0 Å². The fourth-order valence-corrected chi connectivity index (χ4v) is 2.90. The average molecular weight is 304 g/mol. The van der Waals surface area contributed by atoms with Gasteiger partial charge in [-0.3, -0.25) is 9.78 Å². The minimum absolute atomic E-state index is 0.0115. The zero-order valence-electron chi connectivity index (χ0n) is 13.7. The lowest BCUT2D eigenvalue weighted by atomic mass is 9.99. The first-order chi connectivity index (χ1) is 11.1. The Kier molecular flexibility index (Phi) is 4.11. The van der Waals surface area contributed by atoms with Crippen molar-refractivity contribution in [3.8, 4) is 0 Å². The van der Waals surface area contributed by atoms with E-state index in [0.29, 0.717) is 6.42 Å². The number of rotatable bonds is 3. The fourth-order valence-electron chi connectivity index (χ4n) is 2.90. The van der Waals surface area contributed by atoms with Crippen LogP contribution in [0.5, 0.6) is 0 Å². The van der Waals surface area contributed by atoms with Crippen LogP contribution in [0, 0.1) is 20.8 Å². The molecule has 1 aromatic heterocycles. The Balaban J connectivity index is 1.89. The molecule has 0 radical (unpaired) electrons. The molecule has 0 unspecified atom stereocenters. The van der Waals surface area contributed by atoms with Crippen LogP contribution in [0.15, 0.2) is 48.5 Å².